The number of rotatable bonds is 4. The van der Waals surface area contributed by atoms with Crippen molar-refractivity contribution in [2.24, 2.45) is 0 Å². The predicted molar refractivity (Wildman–Crippen MR) is 57.2 cm³/mol. The highest BCUT2D eigenvalue weighted by Crippen LogP contribution is 2.24. The zero-order valence-electron chi connectivity index (χ0n) is 7.67. The molecule has 0 bridgehead atoms. The molecule has 0 aliphatic carbocycles. The third kappa shape index (κ3) is 4.20. The molecule has 1 aromatic rings. The van der Waals surface area contributed by atoms with Crippen LogP contribution in [0.15, 0.2) is 18.2 Å². The third-order valence-corrected chi connectivity index (χ3v) is 1.95. The number of hydrogen-bond acceptors (Lipinski definition) is 3. The van der Waals surface area contributed by atoms with Gasteiger partial charge < -0.3 is 4.74 Å². The van der Waals surface area contributed by atoms with E-state index in [0.717, 1.165) is 0 Å². The number of ether oxygens (including phenoxy) is 1. The van der Waals surface area contributed by atoms with Crippen molar-refractivity contribution in [1.29, 1.82) is 5.26 Å². The minimum absolute atomic E-state index is 0.149. The second kappa shape index (κ2) is 5.59. The van der Waals surface area contributed by atoms with Crippen LogP contribution in [-0.4, -0.2) is 12.4 Å². The molecule has 0 aromatic heterocycles. The fourth-order valence-corrected chi connectivity index (χ4v) is 1.42. The molecule has 1 aromatic carbocycles. The molecule has 3 nitrogen and oxygen atoms in total. The van der Waals surface area contributed by atoms with E-state index in [9.17, 15) is 4.79 Å². The number of hydrogen-bond donors (Lipinski definition) is 0. The molecule has 15 heavy (non-hydrogen) atoms. The molecule has 0 heterocycles. The van der Waals surface area contributed by atoms with E-state index < -0.39 is 0 Å². The molecule has 78 valence electrons. The van der Waals surface area contributed by atoms with Gasteiger partial charge in [0.1, 0.15) is 12.4 Å². The van der Waals surface area contributed by atoms with Crippen LogP contribution in [0.4, 0.5) is 0 Å². The quantitative estimate of drug-likeness (QED) is 0.818. The van der Waals surface area contributed by atoms with Gasteiger partial charge >= 0.3 is 0 Å². The van der Waals surface area contributed by atoms with Crippen molar-refractivity contribution in [2.75, 3.05) is 6.61 Å². The summed E-state index contributed by atoms with van der Waals surface area (Å²) < 4.78 is 5.11. The summed E-state index contributed by atoms with van der Waals surface area (Å²) in [6.07, 6.45) is -0.158. The average Bonchev–Trinajstić information content (AvgIpc) is 2.14. The Morgan fingerprint density at radius 1 is 1.33 bits per heavy atom. The first-order chi connectivity index (χ1) is 7.11. The highest BCUT2D eigenvalue weighted by atomic mass is 35.5. The van der Waals surface area contributed by atoms with Crippen molar-refractivity contribution in [1.82, 2.24) is 0 Å². The Labute approximate surface area is 97.2 Å². The Balaban J connectivity index is 2.58. The molecular formula is C10H7Cl2NO2. The molecule has 0 radical (unpaired) electrons. The molecule has 0 saturated carbocycles. The zero-order valence-corrected chi connectivity index (χ0v) is 9.18. The summed E-state index contributed by atoms with van der Waals surface area (Å²) in [5, 5.41) is 9.12. The van der Waals surface area contributed by atoms with Gasteiger partial charge in [-0.3, -0.25) is 4.79 Å². The number of Topliss-reactive ketones (excluding diaryl/α,β-unsaturated/α-hetero) is 1. The van der Waals surface area contributed by atoms with Gasteiger partial charge in [0.2, 0.25) is 0 Å². The Morgan fingerprint density at radius 2 is 1.93 bits per heavy atom. The van der Waals surface area contributed by atoms with Gasteiger partial charge in [0.05, 0.1) is 12.5 Å². The number of carbonyl (C=O) groups is 1. The van der Waals surface area contributed by atoms with Crippen LogP contribution in [-0.2, 0) is 4.79 Å². The first-order valence-corrected chi connectivity index (χ1v) is 4.85. The lowest BCUT2D eigenvalue weighted by molar-refractivity contribution is -0.120. The molecule has 0 fully saturated rings. The highest BCUT2D eigenvalue weighted by molar-refractivity contribution is 6.34. The van der Waals surface area contributed by atoms with Gasteiger partial charge in [-0.25, -0.2) is 0 Å². The van der Waals surface area contributed by atoms with Gasteiger partial charge in [-0.05, 0) is 18.2 Å². The maximum atomic E-state index is 11.0. The van der Waals surface area contributed by atoms with Crippen LogP contribution in [0.2, 0.25) is 10.0 Å². The van der Waals surface area contributed by atoms with Crippen molar-refractivity contribution in [3.63, 3.8) is 0 Å². The van der Waals surface area contributed by atoms with Crippen molar-refractivity contribution in [3.05, 3.63) is 28.2 Å². The summed E-state index contributed by atoms with van der Waals surface area (Å²) in [5.41, 5.74) is 0. The SMILES string of the molecule is N#CCC(=O)COc1cc(Cl)cc(Cl)c1. The summed E-state index contributed by atoms with van der Waals surface area (Å²) in [6, 6.07) is 6.40. The topological polar surface area (TPSA) is 50.1 Å². The van der Waals surface area contributed by atoms with Gasteiger partial charge in [0.15, 0.2) is 5.78 Å². The van der Waals surface area contributed by atoms with E-state index in [1.54, 1.807) is 24.3 Å². The van der Waals surface area contributed by atoms with Gasteiger partial charge in [0, 0.05) is 10.0 Å². The van der Waals surface area contributed by atoms with E-state index in [-0.39, 0.29) is 18.8 Å². The van der Waals surface area contributed by atoms with E-state index in [0.29, 0.717) is 15.8 Å². The maximum Gasteiger partial charge on any atom is 0.184 e. The zero-order chi connectivity index (χ0) is 11.3. The Hall–Kier alpha value is -1.24. The minimum Gasteiger partial charge on any atom is -0.486 e. The molecule has 0 aliphatic rings. The second-order valence-corrected chi connectivity index (χ2v) is 3.64. The fraction of sp³-hybridized carbons (Fsp3) is 0.200. The number of carbonyl (C=O) groups excluding carboxylic acids is 1. The molecule has 0 atom stereocenters. The first-order valence-electron chi connectivity index (χ1n) is 4.09. The number of halogens is 2. The van der Waals surface area contributed by atoms with Crippen molar-refractivity contribution >= 4 is 29.0 Å². The van der Waals surface area contributed by atoms with Crippen LogP contribution in [0, 0.1) is 11.3 Å². The summed E-state index contributed by atoms with van der Waals surface area (Å²) >= 11 is 11.4. The summed E-state index contributed by atoms with van der Waals surface area (Å²) in [5.74, 6) is 0.132. The normalized spacial score (nSPS) is 9.40. The summed E-state index contributed by atoms with van der Waals surface area (Å²) in [4.78, 5) is 11.0. The molecule has 0 amide bonds. The molecule has 5 heteroatoms. The smallest absolute Gasteiger partial charge is 0.184 e. The van der Waals surface area contributed by atoms with Gasteiger partial charge in [-0.2, -0.15) is 5.26 Å². The number of nitriles is 1. The van der Waals surface area contributed by atoms with Crippen LogP contribution >= 0.6 is 23.2 Å². The minimum atomic E-state index is -0.284. The first kappa shape index (κ1) is 11.8. The summed E-state index contributed by atoms with van der Waals surface area (Å²) in [6.45, 7) is -0.149. The van der Waals surface area contributed by atoms with E-state index >= 15 is 0 Å². The standard InChI is InChI=1S/C10H7Cl2NO2/c11-7-3-8(12)5-10(4-7)15-6-9(14)1-2-13/h3-5H,1,6H2. The van der Waals surface area contributed by atoms with Crippen LogP contribution in [0.3, 0.4) is 0 Å². The lowest BCUT2D eigenvalue weighted by Crippen LogP contribution is -2.09. The molecule has 0 unspecified atom stereocenters. The molecule has 0 aliphatic heterocycles. The number of benzene rings is 1. The van der Waals surface area contributed by atoms with E-state index in [1.807, 2.05) is 0 Å². The molecular weight excluding hydrogens is 237 g/mol. The Kier molecular flexibility index (Phi) is 4.41. The predicted octanol–water partition coefficient (Wildman–Crippen LogP) is 2.85. The van der Waals surface area contributed by atoms with E-state index in [1.165, 1.54) is 0 Å². The summed E-state index contributed by atoms with van der Waals surface area (Å²) in [7, 11) is 0. The third-order valence-electron chi connectivity index (χ3n) is 1.51. The van der Waals surface area contributed by atoms with Crippen molar-refractivity contribution in [3.8, 4) is 11.8 Å². The van der Waals surface area contributed by atoms with Crippen molar-refractivity contribution in [2.45, 2.75) is 6.42 Å². The second-order valence-electron chi connectivity index (χ2n) is 2.77. The average molecular weight is 244 g/mol. The van der Waals surface area contributed by atoms with Gasteiger partial charge in [-0.15, -0.1) is 0 Å². The largest absolute Gasteiger partial charge is 0.486 e. The van der Waals surface area contributed by atoms with Crippen LogP contribution in [0.25, 0.3) is 0 Å². The molecule has 1 rings (SSSR count). The van der Waals surface area contributed by atoms with Gasteiger partial charge in [-0.1, -0.05) is 23.2 Å². The van der Waals surface area contributed by atoms with E-state index in [4.69, 9.17) is 33.2 Å². The Bertz CT molecular complexity index is 392. The van der Waals surface area contributed by atoms with E-state index in [2.05, 4.69) is 0 Å². The van der Waals surface area contributed by atoms with Crippen LogP contribution in [0.1, 0.15) is 6.42 Å². The van der Waals surface area contributed by atoms with Crippen molar-refractivity contribution < 1.29 is 9.53 Å². The van der Waals surface area contributed by atoms with Crippen LogP contribution in [0.5, 0.6) is 5.75 Å². The molecule has 0 saturated heterocycles. The maximum absolute atomic E-state index is 11.0. The molecule has 0 spiro atoms. The lowest BCUT2D eigenvalue weighted by atomic mass is 10.3. The fourth-order valence-electron chi connectivity index (χ4n) is 0.915. The number of nitrogens with zero attached hydrogens (tertiary/aromatic N) is 1. The highest BCUT2D eigenvalue weighted by Gasteiger charge is 2.03. The lowest BCUT2D eigenvalue weighted by Gasteiger charge is -2.04. The van der Waals surface area contributed by atoms with Crippen LogP contribution < -0.4 is 4.74 Å². The molecule has 0 N–H and O–H groups in total. The monoisotopic (exact) mass is 243 g/mol. The number of ketones is 1. The van der Waals surface area contributed by atoms with Gasteiger partial charge in [0.25, 0.3) is 0 Å². The Morgan fingerprint density at radius 3 is 2.47 bits per heavy atom.